The number of carboxylic acid groups (broad SMARTS) is 1. The maximum atomic E-state index is 10.5. The molecule has 0 aliphatic heterocycles. The Morgan fingerprint density at radius 3 is 2.17 bits per heavy atom. The van der Waals surface area contributed by atoms with Crippen LogP contribution in [0.15, 0.2) is 0 Å². The van der Waals surface area contributed by atoms with Crippen LogP contribution in [0.4, 0.5) is 0 Å². The highest BCUT2D eigenvalue weighted by atomic mass is 32.1. The summed E-state index contributed by atoms with van der Waals surface area (Å²) < 4.78 is -0.220. The Balaban J connectivity index is 2.48. The van der Waals surface area contributed by atoms with Gasteiger partial charge in [-0.3, -0.25) is 4.79 Å². The molecule has 0 aromatic heterocycles. The fourth-order valence-corrected chi connectivity index (χ4v) is 2.30. The monoisotopic (exact) mass is 188 g/mol. The van der Waals surface area contributed by atoms with Crippen LogP contribution in [0.5, 0.6) is 0 Å². The predicted molar refractivity (Wildman–Crippen MR) is 51.7 cm³/mol. The summed E-state index contributed by atoms with van der Waals surface area (Å²) in [5, 5.41) is 8.67. The molecule has 0 aromatic rings. The zero-order valence-corrected chi connectivity index (χ0v) is 8.15. The molecule has 0 bridgehead atoms. The first-order valence-electron chi connectivity index (χ1n) is 4.57. The maximum absolute atomic E-state index is 10.5. The molecule has 1 N–H and O–H groups in total. The zero-order chi connectivity index (χ0) is 9.03. The van der Waals surface area contributed by atoms with Crippen molar-refractivity contribution in [1.29, 1.82) is 0 Å². The van der Waals surface area contributed by atoms with Crippen LogP contribution >= 0.6 is 12.6 Å². The van der Waals surface area contributed by atoms with E-state index in [-0.39, 0.29) is 11.2 Å². The van der Waals surface area contributed by atoms with Gasteiger partial charge in [0.25, 0.3) is 0 Å². The second-order valence-corrected chi connectivity index (χ2v) is 4.66. The third-order valence-corrected chi connectivity index (χ3v) is 3.12. The maximum Gasteiger partial charge on any atom is 0.304 e. The third-order valence-electron chi connectivity index (χ3n) is 2.51. The van der Waals surface area contributed by atoms with Gasteiger partial charge in [0.15, 0.2) is 0 Å². The van der Waals surface area contributed by atoms with Crippen molar-refractivity contribution >= 4 is 18.6 Å². The number of thiol groups is 1. The van der Waals surface area contributed by atoms with Gasteiger partial charge in [-0.2, -0.15) is 12.6 Å². The van der Waals surface area contributed by atoms with Gasteiger partial charge >= 0.3 is 5.97 Å². The van der Waals surface area contributed by atoms with E-state index < -0.39 is 5.97 Å². The summed E-state index contributed by atoms with van der Waals surface area (Å²) in [7, 11) is 0. The molecule has 0 spiro atoms. The first kappa shape index (κ1) is 9.90. The second-order valence-electron chi connectivity index (χ2n) is 3.71. The molecular weight excluding hydrogens is 172 g/mol. The molecule has 1 aliphatic rings. The molecular formula is C9H16O2S. The Morgan fingerprint density at radius 2 is 1.75 bits per heavy atom. The fourth-order valence-electron chi connectivity index (χ4n) is 1.84. The van der Waals surface area contributed by atoms with E-state index in [0.29, 0.717) is 0 Å². The van der Waals surface area contributed by atoms with Gasteiger partial charge in [0.2, 0.25) is 0 Å². The molecule has 3 heteroatoms. The molecule has 0 aromatic carbocycles. The molecule has 0 saturated heterocycles. The highest BCUT2D eigenvalue weighted by Crippen LogP contribution is 2.35. The van der Waals surface area contributed by atoms with Gasteiger partial charge in [-0.1, -0.05) is 25.7 Å². The van der Waals surface area contributed by atoms with Crippen molar-refractivity contribution < 1.29 is 9.90 Å². The minimum absolute atomic E-state index is 0.218. The molecule has 0 amide bonds. The highest BCUT2D eigenvalue weighted by Gasteiger charge is 2.29. The summed E-state index contributed by atoms with van der Waals surface area (Å²) in [5.41, 5.74) is 0. The van der Waals surface area contributed by atoms with Crippen molar-refractivity contribution in [1.82, 2.24) is 0 Å². The number of carbonyl (C=O) groups is 1. The van der Waals surface area contributed by atoms with Crippen LogP contribution in [-0.4, -0.2) is 15.8 Å². The van der Waals surface area contributed by atoms with Gasteiger partial charge in [-0.05, 0) is 12.8 Å². The van der Waals surface area contributed by atoms with Gasteiger partial charge in [0, 0.05) is 4.75 Å². The average molecular weight is 188 g/mol. The minimum atomic E-state index is -0.716. The first-order chi connectivity index (χ1) is 5.62. The quantitative estimate of drug-likeness (QED) is 0.516. The highest BCUT2D eigenvalue weighted by molar-refractivity contribution is 7.81. The lowest BCUT2D eigenvalue weighted by molar-refractivity contribution is -0.137. The normalized spacial score (nSPS) is 23.1. The Hall–Kier alpha value is -0.180. The van der Waals surface area contributed by atoms with Crippen LogP contribution < -0.4 is 0 Å². The molecule has 1 fully saturated rings. The first-order valence-corrected chi connectivity index (χ1v) is 5.01. The lowest BCUT2D eigenvalue weighted by atomic mass is 9.95. The minimum Gasteiger partial charge on any atom is -0.481 e. The number of hydrogen-bond donors (Lipinski definition) is 2. The third kappa shape index (κ3) is 3.05. The number of aliphatic carboxylic acids is 1. The summed E-state index contributed by atoms with van der Waals surface area (Å²) in [6, 6.07) is 0. The average Bonchev–Trinajstić information content (AvgIpc) is 2.12. The van der Waals surface area contributed by atoms with Crippen molar-refractivity contribution in [3.05, 3.63) is 0 Å². The van der Waals surface area contributed by atoms with E-state index >= 15 is 0 Å². The van der Waals surface area contributed by atoms with Crippen molar-refractivity contribution in [2.75, 3.05) is 0 Å². The summed E-state index contributed by atoms with van der Waals surface area (Å²) >= 11 is 4.48. The summed E-state index contributed by atoms with van der Waals surface area (Å²) in [6.07, 6.45) is 6.89. The van der Waals surface area contributed by atoms with E-state index in [1.807, 2.05) is 0 Å². The number of rotatable bonds is 2. The second kappa shape index (κ2) is 4.17. The van der Waals surface area contributed by atoms with Gasteiger partial charge in [-0.25, -0.2) is 0 Å². The molecule has 0 unspecified atom stereocenters. The smallest absolute Gasteiger partial charge is 0.304 e. The molecule has 0 atom stereocenters. The molecule has 1 aliphatic carbocycles. The van der Waals surface area contributed by atoms with Crippen LogP contribution in [0.25, 0.3) is 0 Å². The molecule has 12 heavy (non-hydrogen) atoms. The molecule has 1 rings (SSSR count). The number of hydrogen-bond acceptors (Lipinski definition) is 2. The molecule has 0 radical (unpaired) electrons. The van der Waals surface area contributed by atoms with Crippen LogP contribution in [-0.2, 0) is 4.79 Å². The molecule has 1 saturated carbocycles. The van der Waals surface area contributed by atoms with Crippen molar-refractivity contribution in [2.24, 2.45) is 0 Å². The Bertz CT molecular complexity index is 160. The van der Waals surface area contributed by atoms with Gasteiger partial charge in [0.05, 0.1) is 6.42 Å². The summed E-state index contributed by atoms with van der Waals surface area (Å²) in [4.78, 5) is 10.5. The Morgan fingerprint density at radius 1 is 1.25 bits per heavy atom. The Labute approximate surface area is 78.8 Å². The summed E-state index contributed by atoms with van der Waals surface area (Å²) in [5.74, 6) is -0.716. The van der Waals surface area contributed by atoms with Crippen molar-refractivity contribution in [3.8, 4) is 0 Å². The van der Waals surface area contributed by atoms with E-state index in [2.05, 4.69) is 12.6 Å². The standard InChI is InChI=1S/C9H16O2S/c10-8(11)7-9(12)5-3-1-2-4-6-9/h12H,1-7H2,(H,10,11). The van der Waals surface area contributed by atoms with E-state index in [0.717, 1.165) is 25.7 Å². The lowest BCUT2D eigenvalue weighted by Crippen LogP contribution is -2.24. The van der Waals surface area contributed by atoms with Crippen LogP contribution in [0.2, 0.25) is 0 Å². The van der Waals surface area contributed by atoms with Gasteiger partial charge < -0.3 is 5.11 Å². The Kier molecular flexibility index (Phi) is 3.44. The predicted octanol–water partition coefficient (Wildman–Crippen LogP) is 2.48. The van der Waals surface area contributed by atoms with E-state index in [1.165, 1.54) is 12.8 Å². The van der Waals surface area contributed by atoms with Crippen molar-refractivity contribution in [3.63, 3.8) is 0 Å². The van der Waals surface area contributed by atoms with Crippen LogP contribution in [0, 0.1) is 0 Å². The number of carboxylic acids is 1. The van der Waals surface area contributed by atoms with E-state index in [1.54, 1.807) is 0 Å². The SMILES string of the molecule is O=C(O)CC1(S)CCCCCC1. The van der Waals surface area contributed by atoms with Gasteiger partial charge in [-0.15, -0.1) is 0 Å². The van der Waals surface area contributed by atoms with E-state index in [4.69, 9.17) is 5.11 Å². The van der Waals surface area contributed by atoms with Gasteiger partial charge in [0.1, 0.15) is 0 Å². The molecule has 2 nitrogen and oxygen atoms in total. The molecule has 70 valence electrons. The zero-order valence-electron chi connectivity index (χ0n) is 7.25. The lowest BCUT2D eigenvalue weighted by Gasteiger charge is -2.24. The molecule has 0 heterocycles. The van der Waals surface area contributed by atoms with E-state index in [9.17, 15) is 4.79 Å². The van der Waals surface area contributed by atoms with Crippen LogP contribution in [0.3, 0.4) is 0 Å². The topological polar surface area (TPSA) is 37.3 Å². The van der Waals surface area contributed by atoms with Crippen LogP contribution in [0.1, 0.15) is 44.9 Å². The largest absolute Gasteiger partial charge is 0.481 e. The summed E-state index contributed by atoms with van der Waals surface area (Å²) in [6.45, 7) is 0. The van der Waals surface area contributed by atoms with Crippen molar-refractivity contribution in [2.45, 2.75) is 49.7 Å². The fraction of sp³-hybridized carbons (Fsp3) is 0.889.